The fraction of sp³-hybridized carbons (Fsp3) is 0.400. The van der Waals surface area contributed by atoms with Crippen molar-refractivity contribution in [2.24, 2.45) is 0 Å². The molecule has 0 spiro atoms. The van der Waals surface area contributed by atoms with Crippen LogP contribution in [-0.2, 0) is 35.1 Å². The summed E-state index contributed by atoms with van der Waals surface area (Å²) in [5, 5.41) is 0. The standard InChI is InChI=1S/C20H23FO6S/c1-14-8-10-16(11-9-14)28(22,23)27-19-18(21)17(26-20(19)24-2)13-25-12-15-6-4-3-5-7-15/h3-11,17-20H,12-13H2,1-2H3/t17-,18+,19+,20+/m1/s1. The SMILES string of the molecule is CO[C@H]1O[C@H](COCc2ccccc2)[C@H](F)[C@@H]1OS(=O)(=O)c1ccc(C)cc1. The summed E-state index contributed by atoms with van der Waals surface area (Å²) in [7, 11) is -2.86. The van der Waals surface area contributed by atoms with Gasteiger partial charge in [-0.15, -0.1) is 0 Å². The number of rotatable bonds is 8. The van der Waals surface area contributed by atoms with Crippen LogP contribution in [0.5, 0.6) is 0 Å². The average Bonchev–Trinajstić information content (AvgIpc) is 2.98. The summed E-state index contributed by atoms with van der Waals surface area (Å²) < 4.78 is 61.0. The Hall–Kier alpha value is -1.84. The highest BCUT2D eigenvalue weighted by Gasteiger charge is 2.48. The van der Waals surface area contributed by atoms with E-state index < -0.39 is 34.8 Å². The van der Waals surface area contributed by atoms with Crippen molar-refractivity contribution in [1.29, 1.82) is 0 Å². The van der Waals surface area contributed by atoms with Gasteiger partial charge in [0.1, 0.15) is 6.10 Å². The van der Waals surface area contributed by atoms with Gasteiger partial charge in [-0.05, 0) is 24.6 Å². The van der Waals surface area contributed by atoms with Crippen LogP contribution >= 0.6 is 0 Å². The van der Waals surface area contributed by atoms with Gasteiger partial charge in [-0.25, -0.2) is 4.39 Å². The Labute approximate surface area is 164 Å². The van der Waals surface area contributed by atoms with Gasteiger partial charge in [0.05, 0.1) is 18.1 Å². The number of halogens is 1. The lowest BCUT2D eigenvalue weighted by molar-refractivity contribution is -0.152. The van der Waals surface area contributed by atoms with Gasteiger partial charge in [0, 0.05) is 7.11 Å². The summed E-state index contributed by atoms with van der Waals surface area (Å²) in [6.07, 6.45) is -5.28. The highest BCUT2D eigenvalue weighted by molar-refractivity contribution is 7.86. The minimum atomic E-state index is -4.16. The molecule has 1 heterocycles. The van der Waals surface area contributed by atoms with Crippen LogP contribution in [0.2, 0.25) is 0 Å². The van der Waals surface area contributed by atoms with E-state index in [1.807, 2.05) is 37.3 Å². The largest absolute Gasteiger partial charge is 0.374 e. The molecule has 0 aromatic heterocycles. The smallest absolute Gasteiger partial charge is 0.297 e. The van der Waals surface area contributed by atoms with Gasteiger partial charge in [0.2, 0.25) is 0 Å². The monoisotopic (exact) mass is 410 g/mol. The van der Waals surface area contributed by atoms with Crippen molar-refractivity contribution < 1.29 is 31.2 Å². The van der Waals surface area contributed by atoms with Crippen LogP contribution in [0.15, 0.2) is 59.5 Å². The molecule has 0 radical (unpaired) electrons. The van der Waals surface area contributed by atoms with Crippen LogP contribution in [-0.4, -0.2) is 46.8 Å². The van der Waals surface area contributed by atoms with Crippen LogP contribution in [0, 0.1) is 6.92 Å². The van der Waals surface area contributed by atoms with Crippen LogP contribution in [0.4, 0.5) is 4.39 Å². The van der Waals surface area contributed by atoms with Gasteiger partial charge in [-0.3, -0.25) is 4.18 Å². The van der Waals surface area contributed by atoms with E-state index >= 15 is 0 Å². The molecule has 0 bridgehead atoms. The number of aryl methyl sites for hydroxylation is 1. The minimum absolute atomic E-state index is 0.0519. The first-order valence-corrected chi connectivity index (χ1v) is 10.3. The van der Waals surface area contributed by atoms with Gasteiger partial charge in [-0.1, -0.05) is 48.0 Å². The Morgan fingerprint density at radius 3 is 2.39 bits per heavy atom. The van der Waals surface area contributed by atoms with Crippen molar-refractivity contribution in [2.75, 3.05) is 13.7 Å². The van der Waals surface area contributed by atoms with Crippen LogP contribution in [0.1, 0.15) is 11.1 Å². The van der Waals surface area contributed by atoms with Gasteiger partial charge in [0.15, 0.2) is 18.6 Å². The first kappa shape index (κ1) is 20.9. The second-order valence-electron chi connectivity index (χ2n) is 6.55. The lowest BCUT2D eigenvalue weighted by Gasteiger charge is -2.18. The molecule has 3 rings (SSSR count). The minimum Gasteiger partial charge on any atom is -0.374 e. The third-order valence-corrected chi connectivity index (χ3v) is 5.74. The Morgan fingerprint density at radius 1 is 1.07 bits per heavy atom. The second kappa shape index (κ2) is 9.11. The zero-order valence-corrected chi connectivity index (χ0v) is 16.5. The summed E-state index contributed by atoms with van der Waals surface area (Å²) in [6, 6.07) is 15.5. The van der Waals surface area contributed by atoms with Gasteiger partial charge in [-0.2, -0.15) is 8.42 Å². The molecule has 0 unspecified atom stereocenters. The van der Waals surface area contributed by atoms with Crippen molar-refractivity contribution in [3.05, 3.63) is 65.7 Å². The third kappa shape index (κ3) is 4.95. The molecule has 2 aromatic rings. The highest BCUT2D eigenvalue weighted by Crippen LogP contribution is 2.30. The number of hydrogen-bond acceptors (Lipinski definition) is 6. The first-order chi connectivity index (χ1) is 13.4. The fourth-order valence-electron chi connectivity index (χ4n) is 2.88. The molecule has 8 heteroatoms. The molecule has 1 saturated heterocycles. The molecule has 1 aliphatic heterocycles. The molecular formula is C20H23FO6S. The lowest BCUT2D eigenvalue weighted by atomic mass is 10.2. The highest BCUT2D eigenvalue weighted by atomic mass is 32.2. The Morgan fingerprint density at radius 2 is 1.75 bits per heavy atom. The van der Waals surface area contributed by atoms with E-state index in [4.69, 9.17) is 18.4 Å². The maximum atomic E-state index is 14.9. The molecule has 2 aromatic carbocycles. The zero-order valence-electron chi connectivity index (χ0n) is 15.7. The van der Waals surface area contributed by atoms with Crippen molar-refractivity contribution in [3.63, 3.8) is 0 Å². The predicted octanol–water partition coefficient (Wildman–Crippen LogP) is 3.00. The summed E-state index contributed by atoms with van der Waals surface area (Å²) in [4.78, 5) is -0.0519. The van der Waals surface area contributed by atoms with E-state index in [1.54, 1.807) is 12.1 Å². The Kier molecular flexibility index (Phi) is 6.79. The molecule has 1 aliphatic rings. The molecule has 28 heavy (non-hydrogen) atoms. The van der Waals surface area contributed by atoms with Crippen LogP contribution < -0.4 is 0 Å². The lowest BCUT2D eigenvalue weighted by Crippen LogP contribution is -2.36. The molecule has 0 N–H and O–H groups in total. The van der Waals surface area contributed by atoms with Gasteiger partial charge in [0.25, 0.3) is 10.1 Å². The topological polar surface area (TPSA) is 71.1 Å². The maximum absolute atomic E-state index is 14.9. The molecular weight excluding hydrogens is 387 g/mol. The van der Waals surface area contributed by atoms with Gasteiger partial charge >= 0.3 is 0 Å². The van der Waals surface area contributed by atoms with E-state index in [0.29, 0.717) is 0 Å². The van der Waals surface area contributed by atoms with Crippen molar-refractivity contribution in [3.8, 4) is 0 Å². The molecule has 1 fully saturated rings. The van der Waals surface area contributed by atoms with E-state index in [0.717, 1.165) is 11.1 Å². The summed E-state index contributed by atoms with van der Waals surface area (Å²) in [5.74, 6) is 0. The molecule has 6 nitrogen and oxygen atoms in total. The molecule has 4 atom stereocenters. The average molecular weight is 410 g/mol. The summed E-state index contributed by atoms with van der Waals surface area (Å²) in [6.45, 7) is 2.07. The summed E-state index contributed by atoms with van der Waals surface area (Å²) >= 11 is 0. The number of ether oxygens (including phenoxy) is 3. The Balaban J connectivity index is 1.63. The van der Waals surface area contributed by atoms with Crippen LogP contribution in [0.3, 0.4) is 0 Å². The number of benzene rings is 2. The van der Waals surface area contributed by atoms with E-state index in [9.17, 15) is 12.8 Å². The first-order valence-electron chi connectivity index (χ1n) is 8.84. The van der Waals surface area contributed by atoms with Crippen molar-refractivity contribution in [1.82, 2.24) is 0 Å². The molecule has 0 saturated carbocycles. The summed E-state index contributed by atoms with van der Waals surface area (Å²) in [5.41, 5.74) is 1.84. The van der Waals surface area contributed by atoms with Crippen molar-refractivity contribution in [2.45, 2.75) is 43.1 Å². The normalized spacial score (nSPS) is 25.1. The second-order valence-corrected chi connectivity index (χ2v) is 8.12. The van der Waals surface area contributed by atoms with E-state index in [2.05, 4.69) is 0 Å². The predicted molar refractivity (Wildman–Crippen MR) is 99.9 cm³/mol. The van der Waals surface area contributed by atoms with Crippen molar-refractivity contribution >= 4 is 10.1 Å². The van der Waals surface area contributed by atoms with Crippen LogP contribution in [0.25, 0.3) is 0 Å². The molecule has 0 amide bonds. The quantitative estimate of drug-likeness (QED) is 0.623. The molecule has 0 aliphatic carbocycles. The number of hydrogen-bond donors (Lipinski definition) is 0. The van der Waals surface area contributed by atoms with E-state index in [-0.39, 0.29) is 18.1 Å². The third-order valence-electron chi connectivity index (χ3n) is 4.42. The number of methoxy groups -OCH3 is 1. The maximum Gasteiger partial charge on any atom is 0.297 e. The number of alkyl halides is 1. The fourth-order valence-corrected chi connectivity index (χ4v) is 3.95. The van der Waals surface area contributed by atoms with E-state index in [1.165, 1.54) is 19.2 Å². The Bertz CT molecular complexity index is 856. The zero-order chi connectivity index (χ0) is 20.1. The van der Waals surface area contributed by atoms with Gasteiger partial charge < -0.3 is 14.2 Å². The molecule has 152 valence electrons.